The Balaban J connectivity index is 1.35. The first-order valence-corrected chi connectivity index (χ1v) is 16.1. The summed E-state index contributed by atoms with van der Waals surface area (Å²) in [6.45, 7) is 5.64. The monoisotopic (exact) mass is 649 g/mol. The number of carbonyl (C=O) groups excluding carboxylic acids is 1. The maximum atomic E-state index is 14.6. The highest BCUT2D eigenvalue weighted by molar-refractivity contribution is 6.36. The smallest absolute Gasteiger partial charge is 0.318 e. The van der Waals surface area contributed by atoms with Gasteiger partial charge in [-0.2, -0.15) is 15.2 Å². The van der Waals surface area contributed by atoms with E-state index in [-0.39, 0.29) is 24.0 Å². The van der Waals surface area contributed by atoms with Gasteiger partial charge in [-0.1, -0.05) is 42.8 Å². The Morgan fingerprint density at radius 3 is 2.76 bits per heavy atom. The number of aromatic nitrogens is 2. The van der Waals surface area contributed by atoms with Crippen LogP contribution in [0.2, 0.25) is 5.02 Å². The standard InChI is InChI=1S/C34H38ClF2N7O2/c1-21(36)33(45)44-17-16-43(18-24(44)12-14-38)32-25-13-15-42(29-9-4-6-22-10-11-26(37)31(35)30(22)29)19-27(25)39-34(40-32)46-20-23-7-5-8-28(23)41(2)3/h4,6,9-11,23-24,28H,1,5,7-8,12-13,15-20H2,2-3H3/t23-,24?,28-/m0/s1. The van der Waals surface area contributed by atoms with Crippen LogP contribution in [-0.4, -0.2) is 84.6 Å². The van der Waals surface area contributed by atoms with Gasteiger partial charge in [0.2, 0.25) is 0 Å². The van der Waals surface area contributed by atoms with Crippen molar-refractivity contribution in [1.29, 1.82) is 5.26 Å². The zero-order valence-corrected chi connectivity index (χ0v) is 26.9. The fourth-order valence-corrected chi connectivity index (χ4v) is 7.57. The summed E-state index contributed by atoms with van der Waals surface area (Å²) in [6.07, 6.45) is 3.98. The summed E-state index contributed by atoms with van der Waals surface area (Å²) in [5.74, 6) is -1.25. The first kappa shape index (κ1) is 32.0. The van der Waals surface area contributed by atoms with Gasteiger partial charge in [-0.05, 0) is 50.9 Å². The number of anilines is 2. The molecule has 1 aliphatic carbocycles. The van der Waals surface area contributed by atoms with Crippen LogP contribution in [0.25, 0.3) is 10.8 Å². The number of nitrogens with zero attached hydrogens (tertiary/aromatic N) is 7. The normalized spacial score (nSPS) is 21.4. The molecule has 9 nitrogen and oxygen atoms in total. The number of rotatable bonds is 8. The van der Waals surface area contributed by atoms with Crippen LogP contribution in [0.1, 0.15) is 36.9 Å². The van der Waals surface area contributed by atoms with Gasteiger partial charge in [-0.25, -0.2) is 8.78 Å². The number of carbonyl (C=O) groups is 1. The number of hydrogen-bond donors (Lipinski definition) is 0. The van der Waals surface area contributed by atoms with Crippen LogP contribution in [-0.2, 0) is 17.8 Å². The Kier molecular flexibility index (Phi) is 9.29. The van der Waals surface area contributed by atoms with Crippen LogP contribution in [0.4, 0.5) is 20.3 Å². The van der Waals surface area contributed by atoms with Crippen molar-refractivity contribution >= 4 is 39.8 Å². The SMILES string of the molecule is C=C(F)C(=O)N1CCN(c2nc(OC[C@@H]3CCC[C@@H]3N(C)C)nc3c2CCN(c2cccc4ccc(F)c(Cl)c24)C3)CC1CC#N. The number of nitriles is 1. The molecule has 6 rings (SSSR count). The highest BCUT2D eigenvalue weighted by Crippen LogP contribution is 2.38. The van der Waals surface area contributed by atoms with Gasteiger partial charge < -0.3 is 24.3 Å². The molecule has 3 aliphatic rings. The average Bonchev–Trinajstić information content (AvgIpc) is 3.53. The van der Waals surface area contributed by atoms with E-state index in [0.717, 1.165) is 41.6 Å². The molecule has 1 saturated carbocycles. The van der Waals surface area contributed by atoms with E-state index in [2.05, 4.69) is 41.4 Å². The molecule has 242 valence electrons. The van der Waals surface area contributed by atoms with Gasteiger partial charge in [-0.3, -0.25) is 4.79 Å². The first-order chi connectivity index (χ1) is 22.2. The molecule has 0 bridgehead atoms. The molecule has 2 aromatic carbocycles. The summed E-state index contributed by atoms with van der Waals surface area (Å²) in [6, 6.07) is 11.2. The molecule has 2 aliphatic heterocycles. The lowest BCUT2D eigenvalue weighted by Crippen LogP contribution is -2.55. The molecule has 0 spiro atoms. The minimum atomic E-state index is -1.04. The van der Waals surface area contributed by atoms with Crippen LogP contribution in [0.5, 0.6) is 6.01 Å². The molecule has 12 heteroatoms. The van der Waals surface area contributed by atoms with Crippen LogP contribution in [0.15, 0.2) is 42.7 Å². The molecule has 1 aromatic heterocycles. The minimum Gasteiger partial charge on any atom is -0.463 e. The predicted molar refractivity (Wildman–Crippen MR) is 174 cm³/mol. The molecule has 46 heavy (non-hydrogen) atoms. The van der Waals surface area contributed by atoms with Gasteiger partial charge in [0, 0.05) is 54.8 Å². The van der Waals surface area contributed by atoms with Gasteiger partial charge in [0.1, 0.15) is 11.6 Å². The molecule has 3 atom stereocenters. The van der Waals surface area contributed by atoms with Crippen molar-refractivity contribution in [2.75, 3.05) is 56.7 Å². The van der Waals surface area contributed by atoms with E-state index in [9.17, 15) is 18.8 Å². The number of ether oxygens (including phenoxy) is 1. The quantitative estimate of drug-likeness (QED) is 0.296. The van der Waals surface area contributed by atoms with E-state index in [1.165, 1.54) is 11.0 Å². The summed E-state index contributed by atoms with van der Waals surface area (Å²) >= 11 is 6.50. The van der Waals surface area contributed by atoms with Gasteiger partial charge in [0.05, 0.1) is 42.4 Å². The van der Waals surface area contributed by atoms with Crippen molar-refractivity contribution in [3.05, 3.63) is 64.8 Å². The third-order valence-corrected chi connectivity index (χ3v) is 9.96. The molecule has 1 unspecified atom stereocenters. The molecule has 0 radical (unpaired) electrons. The van der Waals surface area contributed by atoms with Crippen molar-refractivity contribution in [1.82, 2.24) is 19.8 Å². The fourth-order valence-electron chi connectivity index (χ4n) is 7.30. The fraction of sp³-hybridized carbons (Fsp3) is 0.471. The molecule has 3 heterocycles. The highest BCUT2D eigenvalue weighted by atomic mass is 35.5. The number of fused-ring (bicyclic) bond motifs is 2. The van der Waals surface area contributed by atoms with E-state index < -0.39 is 23.6 Å². The number of amides is 1. The Hall–Kier alpha value is -4.01. The molecule has 1 saturated heterocycles. The average molecular weight is 650 g/mol. The minimum absolute atomic E-state index is 0.0476. The van der Waals surface area contributed by atoms with Crippen molar-refractivity contribution in [3.8, 4) is 12.1 Å². The topological polar surface area (TPSA) is 88.8 Å². The summed E-state index contributed by atoms with van der Waals surface area (Å²) in [7, 11) is 4.19. The molecule has 1 amide bonds. The summed E-state index contributed by atoms with van der Waals surface area (Å²) in [5.41, 5.74) is 2.57. The highest BCUT2D eigenvalue weighted by Gasteiger charge is 2.35. The van der Waals surface area contributed by atoms with Crippen molar-refractivity contribution in [2.45, 2.75) is 50.7 Å². The van der Waals surface area contributed by atoms with E-state index in [0.29, 0.717) is 62.4 Å². The Morgan fingerprint density at radius 2 is 2.00 bits per heavy atom. The first-order valence-electron chi connectivity index (χ1n) is 15.7. The van der Waals surface area contributed by atoms with Crippen molar-refractivity contribution in [3.63, 3.8) is 0 Å². The van der Waals surface area contributed by atoms with Crippen molar-refractivity contribution < 1.29 is 18.3 Å². The van der Waals surface area contributed by atoms with Crippen LogP contribution in [0, 0.1) is 23.1 Å². The summed E-state index contributed by atoms with van der Waals surface area (Å²) < 4.78 is 34.8. The third kappa shape index (κ3) is 6.20. The zero-order chi connectivity index (χ0) is 32.5. The second-order valence-corrected chi connectivity index (χ2v) is 12.9. The van der Waals surface area contributed by atoms with E-state index in [4.69, 9.17) is 26.3 Å². The third-order valence-electron chi connectivity index (χ3n) is 9.59. The molecule has 3 aromatic rings. The van der Waals surface area contributed by atoms with Crippen LogP contribution < -0.4 is 14.5 Å². The predicted octanol–water partition coefficient (Wildman–Crippen LogP) is 5.51. The molecular weight excluding hydrogens is 612 g/mol. The lowest BCUT2D eigenvalue weighted by Gasteiger charge is -2.42. The number of halogens is 3. The van der Waals surface area contributed by atoms with Gasteiger partial charge in [-0.15, -0.1) is 0 Å². The maximum absolute atomic E-state index is 14.6. The second kappa shape index (κ2) is 13.4. The number of hydrogen-bond acceptors (Lipinski definition) is 8. The number of piperazine rings is 1. The van der Waals surface area contributed by atoms with Gasteiger partial charge in [0.25, 0.3) is 5.91 Å². The summed E-state index contributed by atoms with van der Waals surface area (Å²) in [5, 5.41) is 11.1. The number of benzene rings is 2. The van der Waals surface area contributed by atoms with Crippen molar-refractivity contribution in [2.24, 2.45) is 5.92 Å². The summed E-state index contributed by atoms with van der Waals surface area (Å²) in [4.78, 5) is 30.2. The maximum Gasteiger partial charge on any atom is 0.318 e. The van der Waals surface area contributed by atoms with E-state index in [1.807, 2.05) is 18.2 Å². The zero-order valence-electron chi connectivity index (χ0n) is 26.2. The van der Waals surface area contributed by atoms with Crippen LogP contribution in [0.3, 0.4) is 0 Å². The molecule has 2 fully saturated rings. The van der Waals surface area contributed by atoms with E-state index >= 15 is 0 Å². The Morgan fingerprint density at radius 1 is 1.17 bits per heavy atom. The second-order valence-electron chi connectivity index (χ2n) is 12.6. The molecular formula is C34H38ClF2N7O2. The largest absolute Gasteiger partial charge is 0.463 e. The van der Waals surface area contributed by atoms with Gasteiger partial charge in [0.15, 0.2) is 5.83 Å². The molecule has 0 N–H and O–H groups in total. The Bertz CT molecular complexity index is 1700. The van der Waals surface area contributed by atoms with E-state index in [1.54, 1.807) is 6.07 Å². The van der Waals surface area contributed by atoms with Crippen LogP contribution >= 0.6 is 11.6 Å². The lowest BCUT2D eigenvalue weighted by atomic mass is 10.0. The Labute approximate surface area is 273 Å². The lowest BCUT2D eigenvalue weighted by molar-refractivity contribution is -0.131. The van der Waals surface area contributed by atoms with Gasteiger partial charge >= 0.3 is 6.01 Å².